The molecule has 0 aliphatic carbocycles. The van der Waals surface area contributed by atoms with Crippen LogP contribution in [0.2, 0.25) is 0 Å². The molecule has 3 heterocycles. The van der Waals surface area contributed by atoms with Crippen LogP contribution in [-0.2, 0) is 11.2 Å². The van der Waals surface area contributed by atoms with E-state index in [1.807, 2.05) is 29.6 Å². The number of hydrogen-bond donors (Lipinski definition) is 1. The largest absolute Gasteiger partial charge is 0.449 e. The number of amides is 1. The average Bonchev–Trinajstić information content (AvgIpc) is 3.34. The molecule has 5 rings (SSSR count). The summed E-state index contributed by atoms with van der Waals surface area (Å²) in [5.41, 5.74) is 8.18. The minimum atomic E-state index is -0.728. The van der Waals surface area contributed by atoms with Gasteiger partial charge < -0.3 is 20.2 Å². The molecule has 2 N–H and O–H groups in total. The van der Waals surface area contributed by atoms with Crippen molar-refractivity contribution >= 4 is 44.1 Å². The number of benzene rings is 2. The Kier molecular flexibility index (Phi) is 6.15. The molecule has 8 heteroatoms. The normalized spacial score (nSPS) is 18.3. The smallest absolute Gasteiger partial charge is 0.404 e. The zero-order chi connectivity index (χ0) is 23.7. The van der Waals surface area contributed by atoms with E-state index in [2.05, 4.69) is 35.2 Å². The number of fused-ring (bicyclic) bond motifs is 3. The molecule has 2 unspecified atom stereocenters. The summed E-state index contributed by atoms with van der Waals surface area (Å²) in [6.07, 6.45) is 1.88. The van der Waals surface area contributed by atoms with Crippen LogP contribution in [0, 0.1) is 5.92 Å². The van der Waals surface area contributed by atoms with Crippen LogP contribution in [0.15, 0.2) is 64.8 Å². The molecular formula is C26H27N3O4S. The van der Waals surface area contributed by atoms with Crippen molar-refractivity contribution < 1.29 is 14.4 Å². The van der Waals surface area contributed by atoms with Crippen molar-refractivity contribution in [1.29, 1.82) is 0 Å². The van der Waals surface area contributed by atoms with Crippen molar-refractivity contribution in [1.82, 2.24) is 4.73 Å². The zero-order valence-corrected chi connectivity index (χ0v) is 19.8. The molecular weight excluding hydrogens is 450 g/mol. The molecule has 1 saturated heterocycles. The van der Waals surface area contributed by atoms with Crippen LogP contribution in [0.1, 0.15) is 18.4 Å². The Morgan fingerprint density at radius 3 is 2.74 bits per heavy atom. The molecule has 2 atom stereocenters. The predicted octanol–water partition coefficient (Wildman–Crippen LogP) is 4.20. The SMILES string of the molecule is COn1c(=O)c2sccc2c2c(N3CCC(COC(N)=O)CC3Cc3ccccc3)cccc21. The minimum absolute atomic E-state index is 0.139. The maximum absolute atomic E-state index is 13.0. The number of primary amides is 1. The number of ether oxygens (including phenoxy) is 1. The van der Waals surface area contributed by atoms with Gasteiger partial charge in [0.15, 0.2) is 0 Å². The van der Waals surface area contributed by atoms with Crippen molar-refractivity contribution in [3.8, 4) is 0 Å². The molecule has 0 radical (unpaired) electrons. The van der Waals surface area contributed by atoms with Crippen LogP contribution in [-0.4, -0.2) is 37.1 Å². The Labute approximate surface area is 201 Å². The number of carbonyl (C=O) groups excluding carboxylic acids is 1. The topological polar surface area (TPSA) is 86.8 Å². The fourth-order valence-corrected chi connectivity index (χ4v) is 5.97. The second-order valence-electron chi connectivity index (χ2n) is 8.67. The number of aromatic nitrogens is 1. The van der Waals surface area contributed by atoms with Gasteiger partial charge in [0.05, 0.1) is 12.1 Å². The van der Waals surface area contributed by atoms with Crippen molar-refractivity contribution in [3.63, 3.8) is 0 Å². The molecule has 2 aromatic carbocycles. The van der Waals surface area contributed by atoms with E-state index < -0.39 is 6.09 Å². The van der Waals surface area contributed by atoms with E-state index in [-0.39, 0.29) is 17.5 Å². The molecule has 176 valence electrons. The number of anilines is 1. The van der Waals surface area contributed by atoms with Gasteiger partial charge in [0, 0.05) is 29.0 Å². The summed E-state index contributed by atoms with van der Waals surface area (Å²) in [4.78, 5) is 32.1. The number of rotatable bonds is 6. The van der Waals surface area contributed by atoms with E-state index >= 15 is 0 Å². The highest BCUT2D eigenvalue weighted by Gasteiger charge is 2.31. The molecule has 1 aliphatic heterocycles. The van der Waals surface area contributed by atoms with Crippen LogP contribution in [0.3, 0.4) is 0 Å². The molecule has 0 bridgehead atoms. The Balaban J connectivity index is 1.60. The van der Waals surface area contributed by atoms with Gasteiger partial charge in [0.25, 0.3) is 0 Å². The first-order chi connectivity index (χ1) is 16.6. The van der Waals surface area contributed by atoms with Crippen LogP contribution < -0.4 is 21.0 Å². The highest BCUT2D eigenvalue weighted by atomic mass is 32.1. The Morgan fingerprint density at radius 1 is 1.15 bits per heavy atom. The lowest BCUT2D eigenvalue weighted by atomic mass is 9.87. The number of thiophene rings is 1. The first kappa shape index (κ1) is 22.3. The van der Waals surface area contributed by atoms with Gasteiger partial charge in [-0.15, -0.1) is 16.1 Å². The summed E-state index contributed by atoms with van der Waals surface area (Å²) >= 11 is 1.43. The molecule has 7 nitrogen and oxygen atoms in total. The number of piperidine rings is 1. The van der Waals surface area contributed by atoms with Crippen LogP contribution in [0.4, 0.5) is 10.5 Å². The van der Waals surface area contributed by atoms with Gasteiger partial charge in [-0.05, 0) is 54.3 Å². The Hall–Kier alpha value is -3.52. The number of pyridine rings is 1. The monoisotopic (exact) mass is 477 g/mol. The fraction of sp³-hybridized carbons (Fsp3) is 0.308. The lowest BCUT2D eigenvalue weighted by molar-refractivity contribution is 0.124. The molecule has 1 amide bonds. The summed E-state index contributed by atoms with van der Waals surface area (Å²) in [5.74, 6) is 0.241. The first-order valence-corrected chi connectivity index (χ1v) is 12.3. The van der Waals surface area contributed by atoms with E-state index in [0.717, 1.165) is 47.8 Å². The van der Waals surface area contributed by atoms with Crippen molar-refractivity contribution in [2.75, 3.05) is 25.2 Å². The predicted molar refractivity (Wildman–Crippen MR) is 136 cm³/mol. The van der Waals surface area contributed by atoms with Gasteiger partial charge in [-0.1, -0.05) is 36.4 Å². The van der Waals surface area contributed by atoms with Gasteiger partial charge in [0.1, 0.15) is 11.8 Å². The summed E-state index contributed by atoms with van der Waals surface area (Å²) in [6, 6.07) is 18.7. The van der Waals surface area contributed by atoms with Crippen LogP contribution in [0.25, 0.3) is 21.0 Å². The van der Waals surface area contributed by atoms with E-state index in [0.29, 0.717) is 11.3 Å². The molecule has 0 spiro atoms. The molecule has 2 aromatic heterocycles. The molecule has 34 heavy (non-hydrogen) atoms. The lowest BCUT2D eigenvalue weighted by Gasteiger charge is -2.41. The third-order valence-corrected chi connectivity index (χ3v) is 7.55. The average molecular weight is 478 g/mol. The van der Waals surface area contributed by atoms with E-state index in [9.17, 15) is 9.59 Å². The highest BCUT2D eigenvalue weighted by molar-refractivity contribution is 7.17. The highest BCUT2D eigenvalue weighted by Crippen LogP contribution is 2.38. The molecule has 0 saturated carbocycles. The van der Waals surface area contributed by atoms with E-state index in [1.54, 1.807) is 0 Å². The molecule has 1 fully saturated rings. The quantitative estimate of drug-likeness (QED) is 0.450. The number of nitrogens with two attached hydrogens (primary N) is 1. The number of nitrogens with zero attached hydrogens (tertiary/aromatic N) is 2. The second-order valence-corrected chi connectivity index (χ2v) is 9.59. The Bertz CT molecular complexity index is 1380. The van der Waals surface area contributed by atoms with Gasteiger partial charge in [-0.2, -0.15) is 0 Å². The van der Waals surface area contributed by atoms with Crippen molar-refractivity contribution in [3.05, 3.63) is 75.9 Å². The maximum atomic E-state index is 13.0. The summed E-state index contributed by atoms with van der Waals surface area (Å²) in [7, 11) is 1.52. The maximum Gasteiger partial charge on any atom is 0.404 e. The second kappa shape index (κ2) is 9.38. The van der Waals surface area contributed by atoms with E-state index in [1.165, 1.54) is 28.7 Å². The third kappa shape index (κ3) is 4.09. The number of hydrogen-bond acceptors (Lipinski definition) is 6. The summed E-state index contributed by atoms with van der Waals surface area (Å²) in [5, 5.41) is 3.92. The Morgan fingerprint density at radius 2 is 1.97 bits per heavy atom. The van der Waals surface area contributed by atoms with Crippen LogP contribution >= 0.6 is 11.3 Å². The first-order valence-electron chi connectivity index (χ1n) is 11.4. The van der Waals surface area contributed by atoms with Crippen molar-refractivity contribution in [2.45, 2.75) is 25.3 Å². The third-order valence-electron chi connectivity index (χ3n) is 6.64. The van der Waals surface area contributed by atoms with Crippen LogP contribution in [0.5, 0.6) is 0 Å². The van der Waals surface area contributed by atoms with E-state index in [4.69, 9.17) is 15.3 Å². The molecule has 4 aromatic rings. The fourth-order valence-electron chi connectivity index (χ4n) is 5.15. The van der Waals surface area contributed by atoms with Gasteiger partial charge >= 0.3 is 11.7 Å². The molecule has 1 aliphatic rings. The van der Waals surface area contributed by atoms with Gasteiger partial charge in [0.2, 0.25) is 0 Å². The summed E-state index contributed by atoms with van der Waals surface area (Å²) < 4.78 is 7.22. The minimum Gasteiger partial charge on any atom is -0.449 e. The van der Waals surface area contributed by atoms with Gasteiger partial charge in [-0.3, -0.25) is 4.79 Å². The number of carbonyl (C=O) groups is 1. The standard InChI is InChI=1S/C26H27N3O4S/c1-32-29-22-9-5-8-21(23(22)20-11-13-34-24(20)25(29)30)28-12-10-18(16-33-26(27)31)15-19(28)14-17-6-3-2-4-7-17/h2-9,11,13,18-19H,10,12,14-16H2,1H3,(H2,27,31). The lowest BCUT2D eigenvalue weighted by Crippen LogP contribution is -2.45. The zero-order valence-electron chi connectivity index (χ0n) is 19.0. The van der Waals surface area contributed by atoms with Gasteiger partial charge in [-0.25, -0.2) is 4.79 Å². The van der Waals surface area contributed by atoms with Crippen molar-refractivity contribution in [2.24, 2.45) is 11.7 Å². The summed E-state index contributed by atoms with van der Waals surface area (Å²) in [6.45, 7) is 1.14.